The topological polar surface area (TPSA) is 75.2 Å². The Labute approximate surface area is 149 Å². The maximum Gasteiger partial charge on any atom is 0.252 e. The molecule has 0 atom stereocenters. The van der Waals surface area contributed by atoms with E-state index in [1.807, 2.05) is 37.3 Å². The molecule has 130 valence electrons. The second-order valence-electron chi connectivity index (χ2n) is 6.30. The molecule has 5 nitrogen and oxygen atoms in total. The zero-order chi connectivity index (χ0) is 18.3. The minimum atomic E-state index is -0.198. The SMILES string of the molecule is COc1cccc2ncc(Cc3c(=O)[nH]c(C)c4cccc(O)c34)cc12. The van der Waals surface area contributed by atoms with E-state index in [1.165, 1.54) is 0 Å². The van der Waals surface area contributed by atoms with Crippen molar-refractivity contribution >= 4 is 21.7 Å². The van der Waals surface area contributed by atoms with Gasteiger partial charge in [-0.25, -0.2) is 0 Å². The first-order valence-corrected chi connectivity index (χ1v) is 8.33. The fourth-order valence-corrected chi connectivity index (χ4v) is 3.41. The number of fused-ring (bicyclic) bond motifs is 2. The molecule has 2 heterocycles. The zero-order valence-electron chi connectivity index (χ0n) is 14.5. The van der Waals surface area contributed by atoms with E-state index < -0.39 is 0 Å². The number of aromatic hydroxyl groups is 1. The molecular formula is C21H18N2O3. The van der Waals surface area contributed by atoms with Crippen molar-refractivity contribution < 1.29 is 9.84 Å². The summed E-state index contributed by atoms with van der Waals surface area (Å²) >= 11 is 0. The highest BCUT2D eigenvalue weighted by Gasteiger charge is 2.14. The molecule has 26 heavy (non-hydrogen) atoms. The summed E-state index contributed by atoms with van der Waals surface area (Å²) in [5.74, 6) is 0.848. The summed E-state index contributed by atoms with van der Waals surface area (Å²) in [6.07, 6.45) is 2.12. The maximum atomic E-state index is 12.6. The Bertz CT molecular complexity index is 1200. The van der Waals surface area contributed by atoms with Gasteiger partial charge in [-0.05, 0) is 36.8 Å². The number of phenols is 1. The van der Waals surface area contributed by atoms with Crippen LogP contribution in [0.3, 0.4) is 0 Å². The van der Waals surface area contributed by atoms with Crippen molar-refractivity contribution in [2.24, 2.45) is 0 Å². The third-order valence-corrected chi connectivity index (χ3v) is 4.67. The Balaban J connectivity index is 1.91. The monoisotopic (exact) mass is 346 g/mol. The number of methoxy groups -OCH3 is 1. The van der Waals surface area contributed by atoms with Crippen LogP contribution < -0.4 is 10.3 Å². The fraction of sp³-hybridized carbons (Fsp3) is 0.143. The van der Waals surface area contributed by atoms with Gasteiger partial charge in [0, 0.05) is 40.0 Å². The predicted octanol–water partition coefficient (Wildman–Crippen LogP) is 3.69. The van der Waals surface area contributed by atoms with Gasteiger partial charge in [-0.15, -0.1) is 0 Å². The number of benzene rings is 2. The van der Waals surface area contributed by atoms with E-state index in [0.717, 1.165) is 33.3 Å². The molecule has 0 aliphatic rings. The minimum absolute atomic E-state index is 0.109. The van der Waals surface area contributed by atoms with Crippen molar-refractivity contribution in [1.29, 1.82) is 0 Å². The van der Waals surface area contributed by atoms with Crippen LogP contribution in [0.2, 0.25) is 0 Å². The van der Waals surface area contributed by atoms with Crippen molar-refractivity contribution in [2.75, 3.05) is 7.11 Å². The Hall–Kier alpha value is -3.34. The number of aromatic amines is 1. The Morgan fingerprint density at radius 3 is 2.77 bits per heavy atom. The Morgan fingerprint density at radius 1 is 1.15 bits per heavy atom. The normalized spacial score (nSPS) is 11.2. The van der Waals surface area contributed by atoms with Gasteiger partial charge in [-0.3, -0.25) is 9.78 Å². The fourth-order valence-electron chi connectivity index (χ4n) is 3.41. The highest BCUT2D eigenvalue weighted by atomic mass is 16.5. The summed E-state index contributed by atoms with van der Waals surface area (Å²) in [5, 5.41) is 12.7. The van der Waals surface area contributed by atoms with Gasteiger partial charge >= 0.3 is 0 Å². The molecule has 0 aliphatic carbocycles. The molecule has 2 N–H and O–H groups in total. The first-order chi connectivity index (χ1) is 12.6. The van der Waals surface area contributed by atoms with Crippen LogP contribution in [0.15, 0.2) is 53.5 Å². The van der Waals surface area contributed by atoms with Crippen LogP contribution in [0.5, 0.6) is 11.5 Å². The van der Waals surface area contributed by atoms with Gasteiger partial charge in [0.25, 0.3) is 5.56 Å². The van der Waals surface area contributed by atoms with Crippen molar-refractivity contribution in [3.8, 4) is 11.5 Å². The molecule has 5 heteroatoms. The van der Waals surface area contributed by atoms with E-state index in [1.54, 1.807) is 25.4 Å². The van der Waals surface area contributed by atoms with Gasteiger partial charge in [0.1, 0.15) is 11.5 Å². The van der Waals surface area contributed by atoms with Gasteiger partial charge in [0.2, 0.25) is 0 Å². The third kappa shape index (κ3) is 2.58. The van der Waals surface area contributed by atoms with E-state index in [2.05, 4.69) is 9.97 Å². The van der Waals surface area contributed by atoms with Crippen LogP contribution in [-0.2, 0) is 6.42 Å². The van der Waals surface area contributed by atoms with Crippen molar-refractivity contribution in [2.45, 2.75) is 13.3 Å². The number of phenolic OH excluding ortho intramolecular Hbond substituents is 1. The molecule has 0 aliphatic heterocycles. The van der Waals surface area contributed by atoms with E-state index in [-0.39, 0.29) is 11.3 Å². The number of rotatable bonds is 3. The van der Waals surface area contributed by atoms with Crippen molar-refractivity contribution in [3.05, 3.63) is 75.8 Å². The summed E-state index contributed by atoms with van der Waals surface area (Å²) in [5.41, 5.74) is 2.78. The summed E-state index contributed by atoms with van der Waals surface area (Å²) in [6.45, 7) is 1.83. The highest BCUT2D eigenvalue weighted by molar-refractivity contribution is 5.92. The molecule has 0 fully saturated rings. The number of H-pyrrole nitrogens is 1. The van der Waals surface area contributed by atoms with Crippen LogP contribution in [-0.4, -0.2) is 22.2 Å². The first kappa shape index (κ1) is 16.1. The Kier molecular flexibility index (Phi) is 3.84. The minimum Gasteiger partial charge on any atom is -0.507 e. The third-order valence-electron chi connectivity index (χ3n) is 4.67. The van der Waals surface area contributed by atoms with Crippen LogP contribution in [0.1, 0.15) is 16.8 Å². The molecule has 0 saturated heterocycles. The predicted molar refractivity (Wildman–Crippen MR) is 102 cm³/mol. The molecule has 0 amide bonds. The number of aryl methyl sites for hydroxylation is 1. The van der Waals surface area contributed by atoms with Crippen molar-refractivity contribution in [3.63, 3.8) is 0 Å². The van der Waals surface area contributed by atoms with Gasteiger partial charge in [0.15, 0.2) is 0 Å². The number of nitrogens with one attached hydrogen (secondary N) is 1. The quantitative estimate of drug-likeness (QED) is 0.593. The molecule has 4 aromatic rings. The number of hydrogen-bond acceptors (Lipinski definition) is 4. The first-order valence-electron chi connectivity index (χ1n) is 8.33. The smallest absolute Gasteiger partial charge is 0.252 e. The summed E-state index contributed by atoms with van der Waals surface area (Å²) in [4.78, 5) is 19.9. The van der Waals surface area contributed by atoms with E-state index >= 15 is 0 Å². The number of pyridine rings is 2. The summed E-state index contributed by atoms with van der Waals surface area (Å²) in [7, 11) is 1.62. The lowest BCUT2D eigenvalue weighted by atomic mass is 9.98. The lowest BCUT2D eigenvalue weighted by Gasteiger charge is -2.11. The van der Waals surface area contributed by atoms with E-state index in [9.17, 15) is 9.90 Å². The highest BCUT2D eigenvalue weighted by Crippen LogP contribution is 2.30. The van der Waals surface area contributed by atoms with Gasteiger partial charge in [0.05, 0.1) is 12.6 Å². The summed E-state index contributed by atoms with van der Waals surface area (Å²) < 4.78 is 5.41. The molecule has 0 unspecified atom stereocenters. The molecule has 2 aromatic heterocycles. The second kappa shape index (κ2) is 6.19. The average molecular weight is 346 g/mol. The van der Waals surface area contributed by atoms with Crippen LogP contribution in [0.4, 0.5) is 0 Å². The van der Waals surface area contributed by atoms with Crippen molar-refractivity contribution in [1.82, 2.24) is 9.97 Å². The van der Waals surface area contributed by atoms with Crippen LogP contribution in [0.25, 0.3) is 21.7 Å². The van der Waals surface area contributed by atoms with Crippen LogP contribution in [0, 0.1) is 6.92 Å². The maximum absolute atomic E-state index is 12.6. The summed E-state index contributed by atoms with van der Waals surface area (Å²) in [6, 6.07) is 12.9. The molecule has 0 spiro atoms. The molecule has 0 radical (unpaired) electrons. The molecular weight excluding hydrogens is 328 g/mol. The standard InChI is InChI=1S/C21H18N2O3/c1-12-14-5-3-7-18(24)20(14)16(21(25)23-12)10-13-9-15-17(22-11-13)6-4-8-19(15)26-2/h3-9,11,24H,10H2,1-2H3,(H,23,25). The zero-order valence-corrected chi connectivity index (χ0v) is 14.5. The van der Waals surface area contributed by atoms with E-state index in [4.69, 9.17) is 4.74 Å². The second-order valence-corrected chi connectivity index (χ2v) is 6.30. The average Bonchev–Trinajstić information content (AvgIpc) is 2.64. The lowest BCUT2D eigenvalue weighted by molar-refractivity contribution is 0.419. The molecule has 0 saturated carbocycles. The largest absolute Gasteiger partial charge is 0.507 e. The Morgan fingerprint density at radius 2 is 1.96 bits per heavy atom. The number of hydrogen-bond donors (Lipinski definition) is 2. The number of ether oxygens (including phenoxy) is 1. The molecule has 2 aromatic carbocycles. The van der Waals surface area contributed by atoms with Crippen LogP contribution >= 0.6 is 0 Å². The lowest BCUT2D eigenvalue weighted by Crippen LogP contribution is -2.15. The number of aromatic nitrogens is 2. The van der Waals surface area contributed by atoms with Gasteiger partial charge in [-0.1, -0.05) is 18.2 Å². The van der Waals surface area contributed by atoms with Gasteiger partial charge < -0.3 is 14.8 Å². The molecule has 0 bridgehead atoms. The molecule has 4 rings (SSSR count). The van der Waals surface area contributed by atoms with Gasteiger partial charge in [-0.2, -0.15) is 0 Å². The van der Waals surface area contributed by atoms with E-state index in [0.29, 0.717) is 17.4 Å². The number of nitrogens with zero attached hydrogens (tertiary/aromatic N) is 1.